The number of aldehydes is 1. The van der Waals surface area contributed by atoms with Crippen molar-refractivity contribution >= 4 is 16.1 Å². The fourth-order valence-corrected chi connectivity index (χ4v) is 3.74. The minimum absolute atomic E-state index is 0.00801. The molecule has 0 aromatic rings. The molecule has 1 rings (SSSR count). The Morgan fingerprint density at radius 2 is 2.08 bits per heavy atom. The van der Waals surface area contributed by atoms with Crippen LogP contribution in [0.25, 0.3) is 0 Å². The predicted molar refractivity (Wildman–Crippen MR) is 49.8 cm³/mol. The summed E-state index contributed by atoms with van der Waals surface area (Å²) in [5.74, 6) is 2.48. The highest BCUT2D eigenvalue weighted by Crippen LogP contribution is 2.35. The summed E-state index contributed by atoms with van der Waals surface area (Å²) < 4.78 is 21.8. The van der Waals surface area contributed by atoms with Gasteiger partial charge in [0.2, 0.25) is 0 Å². The molecule has 0 radical (unpaired) electrons. The van der Waals surface area contributed by atoms with Crippen LogP contribution in [0.5, 0.6) is 0 Å². The zero-order chi connectivity index (χ0) is 9.95. The van der Waals surface area contributed by atoms with Gasteiger partial charge in [0.25, 0.3) is 0 Å². The van der Waals surface area contributed by atoms with Crippen molar-refractivity contribution in [1.82, 2.24) is 0 Å². The van der Waals surface area contributed by atoms with Crippen LogP contribution >= 0.6 is 0 Å². The standard InChI is InChI=1S/C9H12O3S/c1-2-3-4-5-9(6-10)7-13(11,12)8-9/h1,6H,3-5,7-8H2. The van der Waals surface area contributed by atoms with E-state index in [2.05, 4.69) is 5.92 Å². The van der Waals surface area contributed by atoms with Crippen molar-refractivity contribution in [1.29, 1.82) is 0 Å². The summed E-state index contributed by atoms with van der Waals surface area (Å²) in [4.78, 5) is 10.7. The minimum atomic E-state index is -2.92. The number of sulfone groups is 1. The van der Waals surface area contributed by atoms with E-state index in [1.54, 1.807) is 0 Å². The molecule has 72 valence electrons. The van der Waals surface area contributed by atoms with Crippen LogP contribution in [0.1, 0.15) is 19.3 Å². The lowest BCUT2D eigenvalue weighted by molar-refractivity contribution is -0.115. The quantitative estimate of drug-likeness (QED) is 0.375. The number of terminal acetylenes is 1. The largest absolute Gasteiger partial charge is 0.303 e. The Morgan fingerprint density at radius 3 is 2.46 bits per heavy atom. The molecule has 1 aliphatic rings. The zero-order valence-electron chi connectivity index (χ0n) is 7.32. The van der Waals surface area contributed by atoms with Gasteiger partial charge in [-0.3, -0.25) is 0 Å². The van der Waals surface area contributed by atoms with Crippen LogP contribution in [0.4, 0.5) is 0 Å². The monoisotopic (exact) mass is 200 g/mol. The second-order valence-electron chi connectivity index (χ2n) is 3.57. The van der Waals surface area contributed by atoms with E-state index in [0.29, 0.717) is 12.8 Å². The Morgan fingerprint density at radius 1 is 1.46 bits per heavy atom. The lowest BCUT2D eigenvalue weighted by Crippen LogP contribution is -2.49. The third-order valence-electron chi connectivity index (χ3n) is 2.26. The molecule has 0 aromatic heterocycles. The second kappa shape index (κ2) is 3.51. The van der Waals surface area contributed by atoms with Gasteiger partial charge in [0.05, 0.1) is 16.9 Å². The highest BCUT2D eigenvalue weighted by molar-refractivity contribution is 7.93. The third kappa shape index (κ3) is 2.31. The molecule has 3 nitrogen and oxygen atoms in total. The van der Waals surface area contributed by atoms with Crippen molar-refractivity contribution in [2.45, 2.75) is 19.3 Å². The molecule has 0 N–H and O–H groups in total. The fourth-order valence-electron chi connectivity index (χ4n) is 1.65. The highest BCUT2D eigenvalue weighted by Gasteiger charge is 2.47. The maximum Gasteiger partial charge on any atom is 0.152 e. The summed E-state index contributed by atoms with van der Waals surface area (Å²) in [6.45, 7) is 0. The van der Waals surface area contributed by atoms with Gasteiger partial charge in [-0.15, -0.1) is 12.3 Å². The average Bonchev–Trinajstić information content (AvgIpc) is 2.01. The Kier molecular flexibility index (Phi) is 2.77. The summed E-state index contributed by atoms with van der Waals surface area (Å²) in [7, 11) is -2.92. The molecule has 0 aliphatic carbocycles. The van der Waals surface area contributed by atoms with Crippen molar-refractivity contribution in [3.63, 3.8) is 0 Å². The van der Waals surface area contributed by atoms with Gasteiger partial charge in [-0.25, -0.2) is 8.42 Å². The number of carbonyl (C=O) groups excluding carboxylic acids is 1. The van der Waals surface area contributed by atoms with E-state index in [9.17, 15) is 13.2 Å². The van der Waals surface area contributed by atoms with Crippen molar-refractivity contribution < 1.29 is 13.2 Å². The van der Waals surface area contributed by atoms with Crippen molar-refractivity contribution in [3.05, 3.63) is 0 Å². The van der Waals surface area contributed by atoms with Crippen LogP contribution in [-0.2, 0) is 14.6 Å². The maximum absolute atomic E-state index is 10.9. The normalized spacial score (nSPS) is 22.7. The summed E-state index contributed by atoms with van der Waals surface area (Å²) >= 11 is 0. The van der Waals surface area contributed by atoms with Crippen LogP contribution in [0.15, 0.2) is 0 Å². The smallest absolute Gasteiger partial charge is 0.152 e. The average molecular weight is 200 g/mol. The number of hydrogen-bond donors (Lipinski definition) is 0. The molecular weight excluding hydrogens is 188 g/mol. The second-order valence-corrected chi connectivity index (χ2v) is 5.63. The van der Waals surface area contributed by atoms with E-state index in [1.807, 2.05) is 0 Å². The van der Waals surface area contributed by atoms with Gasteiger partial charge >= 0.3 is 0 Å². The third-order valence-corrected chi connectivity index (χ3v) is 4.29. The van der Waals surface area contributed by atoms with E-state index >= 15 is 0 Å². The molecule has 0 saturated carbocycles. The maximum atomic E-state index is 10.9. The van der Waals surface area contributed by atoms with E-state index in [0.717, 1.165) is 12.7 Å². The first-order valence-corrected chi connectivity index (χ1v) is 5.96. The van der Waals surface area contributed by atoms with Crippen LogP contribution in [0, 0.1) is 17.8 Å². The SMILES string of the molecule is C#CCCCC1(C=O)CS(=O)(=O)C1. The van der Waals surface area contributed by atoms with Gasteiger partial charge in [0.1, 0.15) is 6.29 Å². The molecule has 0 unspecified atom stereocenters. The lowest BCUT2D eigenvalue weighted by atomic mass is 9.87. The minimum Gasteiger partial charge on any atom is -0.303 e. The van der Waals surface area contributed by atoms with Gasteiger partial charge in [-0.1, -0.05) is 0 Å². The molecule has 0 amide bonds. The van der Waals surface area contributed by atoms with Crippen LogP contribution in [-0.4, -0.2) is 26.2 Å². The molecule has 1 fully saturated rings. The Balaban J connectivity index is 2.47. The highest BCUT2D eigenvalue weighted by atomic mass is 32.2. The first-order chi connectivity index (χ1) is 6.04. The molecule has 0 bridgehead atoms. The van der Waals surface area contributed by atoms with E-state index < -0.39 is 15.3 Å². The van der Waals surface area contributed by atoms with Gasteiger partial charge in [0, 0.05) is 6.42 Å². The molecule has 13 heavy (non-hydrogen) atoms. The van der Waals surface area contributed by atoms with Crippen molar-refractivity contribution in [3.8, 4) is 12.3 Å². The van der Waals surface area contributed by atoms with E-state index in [4.69, 9.17) is 6.42 Å². The number of hydrogen-bond acceptors (Lipinski definition) is 3. The molecule has 1 saturated heterocycles. The molecule has 1 heterocycles. The van der Waals surface area contributed by atoms with Crippen LogP contribution < -0.4 is 0 Å². The van der Waals surface area contributed by atoms with E-state index in [1.165, 1.54) is 0 Å². The molecule has 0 atom stereocenters. The number of carbonyl (C=O) groups is 1. The molecule has 4 heteroatoms. The summed E-state index contributed by atoms with van der Waals surface area (Å²) in [6.07, 6.45) is 7.75. The molecular formula is C9H12O3S. The first kappa shape index (κ1) is 10.3. The van der Waals surface area contributed by atoms with Crippen molar-refractivity contribution in [2.24, 2.45) is 5.41 Å². The van der Waals surface area contributed by atoms with Crippen LogP contribution in [0.2, 0.25) is 0 Å². The summed E-state index contributed by atoms with van der Waals surface area (Å²) in [5, 5.41) is 0. The van der Waals surface area contributed by atoms with Crippen molar-refractivity contribution in [2.75, 3.05) is 11.5 Å². The summed E-state index contributed by atoms with van der Waals surface area (Å²) in [5.41, 5.74) is -0.615. The van der Waals surface area contributed by atoms with Gasteiger partial charge in [-0.05, 0) is 12.8 Å². The topological polar surface area (TPSA) is 51.2 Å². The molecule has 0 aromatic carbocycles. The Hall–Kier alpha value is -0.820. The van der Waals surface area contributed by atoms with Crippen LogP contribution in [0.3, 0.4) is 0 Å². The number of rotatable bonds is 4. The number of unbranched alkanes of at least 4 members (excludes halogenated alkanes) is 1. The van der Waals surface area contributed by atoms with Gasteiger partial charge < -0.3 is 4.79 Å². The molecule has 1 aliphatic heterocycles. The fraction of sp³-hybridized carbons (Fsp3) is 0.667. The van der Waals surface area contributed by atoms with Gasteiger partial charge in [-0.2, -0.15) is 0 Å². The Labute approximate surface area is 78.4 Å². The summed E-state index contributed by atoms with van der Waals surface area (Å²) in [6, 6.07) is 0. The van der Waals surface area contributed by atoms with E-state index in [-0.39, 0.29) is 11.5 Å². The lowest BCUT2D eigenvalue weighted by Gasteiger charge is -2.35. The molecule has 0 spiro atoms. The Bertz CT molecular complexity index is 322. The first-order valence-electron chi connectivity index (χ1n) is 4.14. The zero-order valence-corrected chi connectivity index (χ0v) is 8.14. The van der Waals surface area contributed by atoms with Gasteiger partial charge in [0.15, 0.2) is 9.84 Å². The predicted octanol–water partition coefficient (Wildman–Crippen LogP) is 0.404.